The van der Waals surface area contributed by atoms with Gasteiger partial charge in [0.25, 0.3) is 0 Å². The second-order valence-electron chi connectivity index (χ2n) is 6.24. The van der Waals surface area contributed by atoms with Crippen LogP contribution in [0.15, 0.2) is 0 Å². The van der Waals surface area contributed by atoms with Crippen molar-refractivity contribution in [3.8, 4) is 0 Å². The fourth-order valence-electron chi connectivity index (χ4n) is 2.20. The third-order valence-electron chi connectivity index (χ3n) is 3.86. The van der Waals surface area contributed by atoms with E-state index in [1.165, 1.54) is 6.42 Å². The summed E-state index contributed by atoms with van der Waals surface area (Å²) in [7, 11) is 0. The van der Waals surface area contributed by atoms with Crippen molar-refractivity contribution in [1.82, 2.24) is 4.90 Å². The lowest BCUT2D eigenvalue weighted by Crippen LogP contribution is -2.55. The molecule has 3 nitrogen and oxygen atoms in total. The fraction of sp³-hybridized carbons (Fsp3) is 0.923. The molecule has 2 N–H and O–H groups in total. The van der Waals surface area contributed by atoms with Gasteiger partial charge in [-0.3, -0.25) is 4.79 Å². The van der Waals surface area contributed by atoms with Crippen molar-refractivity contribution < 1.29 is 4.79 Å². The molecular weight excluding hydrogens is 200 g/mol. The Kier molecular flexibility index (Phi) is 4.00. The molecule has 0 aromatic heterocycles. The zero-order valence-corrected chi connectivity index (χ0v) is 11.3. The van der Waals surface area contributed by atoms with Crippen LogP contribution >= 0.6 is 0 Å². The Labute approximate surface area is 99.4 Å². The van der Waals surface area contributed by atoms with Gasteiger partial charge < -0.3 is 10.6 Å². The van der Waals surface area contributed by atoms with E-state index in [2.05, 4.69) is 13.8 Å². The van der Waals surface area contributed by atoms with Crippen LogP contribution in [0.25, 0.3) is 0 Å². The molecule has 1 amide bonds. The quantitative estimate of drug-likeness (QED) is 0.743. The number of rotatable bonds is 1. The van der Waals surface area contributed by atoms with Crippen LogP contribution < -0.4 is 5.73 Å². The standard InChI is InChI=1S/C13H26N2O/c1-9-7-6-8-15(10(9)2)12(16)11(14)13(3,4)5/h9-11H,6-8,14H2,1-5H3/t9?,10?,11-/m1/s1. The molecule has 0 bridgehead atoms. The van der Waals surface area contributed by atoms with E-state index < -0.39 is 0 Å². The van der Waals surface area contributed by atoms with Crippen LogP contribution in [0.5, 0.6) is 0 Å². The number of carbonyl (C=O) groups excluding carboxylic acids is 1. The normalized spacial score (nSPS) is 29.0. The van der Waals surface area contributed by atoms with Crippen LogP contribution in [0.1, 0.15) is 47.5 Å². The van der Waals surface area contributed by atoms with E-state index in [1.54, 1.807) is 0 Å². The monoisotopic (exact) mass is 226 g/mol. The van der Waals surface area contributed by atoms with Gasteiger partial charge in [0.15, 0.2) is 0 Å². The number of nitrogens with two attached hydrogens (primary N) is 1. The predicted molar refractivity (Wildman–Crippen MR) is 67.0 cm³/mol. The Hall–Kier alpha value is -0.570. The van der Waals surface area contributed by atoms with Crippen molar-refractivity contribution >= 4 is 5.91 Å². The Morgan fingerprint density at radius 2 is 1.94 bits per heavy atom. The first-order chi connectivity index (χ1) is 7.25. The van der Waals surface area contributed by atoms with Gasteiger partial charge in [-0.25, -0.2) is 0 Å². The van der Waals surface area contributed by atoms with Gasteiger partial charge in [0.2, 0.25) is 5.91 Å². The Morgan fingerprint density at radius 1 is 1.38 bits per heavy atom. The van der Waals surface area contributed by atoms with E-state index in [4.69, 9.17) is 5.73 Å². The molecule has 0 aliphatic carbocycles. The predicted octanol–water partition coefficient (Wildman–Crippen LogP) is 2.01. The molecule has 1 rings (SSSR count). The molecule has 1 aliphatic heterocycles. The first-order valence-corrected chi connectivity index (χ1v) is 6.31. The summed E-state index contributed by atoms with van der Waals surface area (Å²) in [5.41, 5.74) is 5.89. The Bertz CT molecular complexity index is 257. The summed E-state index contributed by atoms with van der Waals surface area (Å²) >= 11 is 0. The van der Waals surface area contributed by atoms with Crippen LogP contribution in [0, 0.1) is 11.3 Å². The zero-order chi connectivity index (χ0) is 12.5. The summed E-state index contributed by atoms with van der Waals surface area (Å²) in [4.78, 5) is 14.3. The van der Waals surface area contributed by atoms with Crippen molar-refractivity contribution in [2.45, 2.75) is 59.5 Å². The van der Waals surface area contributed by atoms with E-state index in [0.717, 1.165) is 13.0 Å². The number of nitrogens with zero attached hydrogens (tertiary/aromatic N) is 1. The maximum atomic E-state index is 12.3. The fourth-order valence-corrected chi connectivity index (χ4v) is 2.20. The highest BCUT2D eigenvalue weighted by molar-refractivity contribution is 5.82. The Morgan fingerprint density at radius 3 is 2.44 bits per heavy atom. The average molecular weight is 226 g/mol. The molecule has 0 aromatic rings. The van der Waals surface area contributed by atoms with Crippen molar-refractivity contribution in [2.24, 2.45) is 17.1 Å². The van der Waals surface area contributed by atoms with Gasteiger partial charge in [0.1, 0.15) is 0 Å². The topological polar surface area (TPSA) is 46.3 Å². The molecule has 1 saturated heterocycles. The minimum Gasteiger partial charge on any atom is -0.338 e. The lowest BCUT2D eigenvalue weighted by molar-refractivity contribution is -0.139. The molecule has 0 radical (unpaired) electrons. The lowest BCUT2D eigenvalue weighted by Gasteiger charge is -2.41. The summed E-state index contributed by atoms with van der Waals surface area (Å²) < 4.78 is 0. The van der Waals surface area contributed by atoms with E-state index in [0.29, 0.717) is 12.0 Å². The number of hydrogen-bond acceptors (Lipinski definition) is 2. The van der Waals surface area contributed by atoms with E-state index in [1.807, 2.05) is 25.7 Å². The molecule has 1 fully saturated rings. The third kappa shape index (κ3) is 2.76. The average Bonchev–Trinajstić information content (AvgIpc) is 2.18. The van der Waals surface area contributed by atoms with Gasteiger partial charge in [-0.15, -0.1) is 0 Å². The first kappa shape index (κ1) is 13.5. The summed E-state index contributed by atoms with van der Waals surface area (Å²) in [6.07, 6.45) is 2.32. The molecule has 1 heterocycles. The summed E-state index contributed by atoms with van der Waals surface area (Å²) in [6, 6.07) is -0.0603. The number of carbonyl (C=O) groups is 1. The molecule has 94 valence electrons. The highest BCUT2D eigenvalue weighted by Gasteiger charge is 2.35. The molecule has 16 heavy (non-hydrogen) atoms. The maximum Gasteiger partial charge on any atom is 0.240 e. The molecule has 2 unspecified atom stereocenters. The molecule has 1 aliphatic rings. The molecule has 3 heteroatoms. The van der Waals surface area contributed by atoms with Crippen LogP contribution in [-0.4, -0.2) is 29.4 Å². The molecular formula is C13H26N2O. The van der Waals surface area contributed by atoms with Crippen LogP contribution in [0.3, 0.4) is 0 Å². The van der Waals surface area contributed by atoms with Crippen molar-refractivity contribution in [1.29, 1.82) is 0 Å². The number of amides is 1. The van der Waals surface area contributed by atoms with Crippen LogP contribution in [0.4, 0.5) is 0 Å². The Balaban J connectivity index is 2.73. The smallest absolute Gasteiger partial charge is 0.240 e. The highest BCUT2D eigenvalue weighted by Crippen LogP contribution is 2.26. The third-order valence-corrected chi connectivity index (χ3v) is 3.86. The second-order valence-corrected chi connectivity index (χ2v) is 6.24. The van der Waals surface area contributed by atoms with E-state index in [9.17, 15) is 4.79 Å². The van der Waals surface area contributed by atoms with Crippen molar-refractivity contribution in [2.75, 3.05) is 6.54 Å². The first-order valence-electron chi connectivity index (χ1n) is 6.31. The van der Waals surface area contributed by atoms with Crippen LogP contribution in [0.2, 0.25) is 0 Å². The molecule has 0 aromatic carbocycles. The number of piperidine rings is 1. The minimum absolute atomic E-state index is 0.117. The van der Waals surface area contributed by atoms with E-state index in [-0.39, 0.29) is 17.4 Å². The van der Waals surface area contributed by atoms with E-state index >= 15 is 0 Å². The second kappa shape index (κ2) is 4.74. The van der Waals surface area contributed by atoms with Gasteiger partial charge in [-0.2, -0.15) is 0 Å². The van der Waals surface area contributed by atoms with Crippen LogP contribution in [-0.2, 0) is 4.79 Å². The summed E-state index contributed by atoms with van der Waals surface area (Å²) in [6.45, 7) is 11.3. The zero-order valence-electron chi connectivity index (χ0n) is 11.3. The molecule has 3 atom stereocenters. The van der Waals surface area contributed by atoms with Gasteiger partial charge in [-0.05, 0) is 31.1 Å². The largest absolute Gasteiger partial charge is 0.338 e. The molecule has 0 spiro atoms. The summed E-state index contributed by atoms with van der Waals surface area (Å²) in [5, 5.41) is 0. The molecule has 0 saturated carbocycles. The van der Waals surface area contributed by atoms with Gasteiger partial charge in [0, 0.05) is 12.6 Å². The maximum absolute atomic E-state index is 12.3. The van der Waals surface area contributed by atoms with Crippen molar-refractivity contribution in [3.05, 3.63) is 0 Å². The minimum atomic E-state index is -0.389. The SMILES string of the molecule is CC1CCCN(C(=O)[C@@H](N)C(C)(C)C)C1C. The number of hydrogen-bond donors (Lipinski definition) is 1. The van der Waals surface area contributed by atoms with Gasteiger partial charge >= 0.3 is 0 Å². The van der Waals surface area contributed by atoms with Crippen molar-refractivity contribution in [3.63, 3.8) is 0 Å². The summed E-state index contributed by atoms with van der Waals surface area (Å²) in [5.74, 6) is 0.705. The highest BCUT2D eigenvalue weighted by atomic mass is 16.2. The van der Waals surface area contributed by atoms with Gasteiger partial charge in [-0.1, -0.05) is 27.7 Å². The number of likely N-dealkylation sites (tertiary alicyclic amines) is 1. The van der Waals surface area contributed by atoms with Gasteiger partial charge in [0.05, 0.1) is 6.04 Å². The lowest BCUT2D eigenvalue weighted by atomic mass is 9.84.